The van der Waals surface area contributed by atoms with Gasteiger partial charge in [0.2, 0.25) is 0 Å². The summed E-state index contributed by atoms with van der Waals surface area (Å²) < 4.78 is 42.2. The molecule has 32 heavy (non-hydrogen) atoms. The number of hydrogen-bond donors (Lipinski definition) is 0. The topological polar surface area (TPSA) is 90.9 Å². The average Bonchev–Trinajstić information content (AvgIpc) is 2.82. The van der Waals surface area contributed by atoms with E-state index in [1.165, 1.54) is 27.4 Å². The fourth-order valence-electron chi connectivity index (χ4n) is 2.70. The predicted octanol–water partition coefficient (Wildman–Crippen LogP) is 3.55. The molecule has 0 saturated heterocycles. The lowest BCUT2D eigenvalue weighted by atomic mass is 10.1. The minimum Gasteiger partial charge on any atom is -0.493 e. The van der Waals surface area contributed by atoms with Crippen LogP contribution in [0.3, 0.4) is 0 Å². The van der Waals surface area contributed by atoms with Gasteiger partial charge in [0.1, 0.15) is 22.8 Å². The Balaban J connectivity index is 2.42. The molecule has 0 bridgehead atoms. The van der Waals surface area contributed by atoms with E-state index in [9.17, 15) is 4.79 Å². The van der Waals surface area contributed by atoms with Crippen molar-refractivity contribution >= 4 is 11.9 Å². The number of rotatable bonds is 14. The smallest absolute Gasteiger partial charge is 0.193 e. The number of hydrogen-bond acceptors (Lipinski definition) is 9. The molecular weight excluding hydrogens is 420 g/mol. The molecule has 0 aliphatic carbocycles. The molecule has 0 spiro atoms. The van der Waals surface area contributed by atoms with Gasteiger partial charge >= 0.3 is 0 Å². The Kier molecular flexibility index (Phi) is 10.3. The molecule has 2 aromatic carbocycles. The number of carbonyl (C=O) groups excluding carboxylic acids is 1. The van der Waals surface area contributed by atoms with E-state index in [1.54, 1.807) is 50.6 Å². The molecule has 0 radical (unpaired) electrons. The molecule has 0 atom stereocenters. The highest BCUT2D eigenvalue weighted by atomic mass is 16.7. The third-order valence-electron chi connectivity index (χ3n) is 4.13. The summed E-state index contributed by atoms with van der Waals surface area (Å²) in [7, 11) is 7.56. The van der Waals surface area contributed by atoms with Gasteiger partial charge in [-0.15, -0.1) is 0 Å². The number of ether oxygens (including phenoxy) is 8. The van der Waals surface area contributed by atoms with E-state index in [2.05, 4.69) is 0 Å². The first-order chi connectivity index (χ1) is 15.6. The number of benzene rings is 2. The van der Waals surface area contributed by atoms with Crippen LogP contribution >= 0.6 is 0 Å². The van der Waals surface area contributed by atoms with E-state index in [0.717, 1.165) is 5.56 Å². The van der Waals surface area contributed by atoms with E-state index in [1.807, 2.05) is 0 Å². The lowest BCUT2D eigenvalue weighted by molar-refractivity contribution is 0.0400. The summed E-state index contributed by atoms with van der Waals surface area (Å²) in [4.78, 5) is 13.1. The highest BCUT2D eigenvalue weighted by molar-refractivity contribution is 6.10. The van der Waals surface area contributed by atoms with E-state index in [0.29, 0.717) is 17.2 Å². The van der Waals surface area contributed by atoms with Gasteiger partial charge in [0.25, 0.3) is 0 Å². The maximum absolute atomic E-state index is 13.1. The molecule has 0 amide bonds. The molecule has 0 fully saturated rings. The highest BCUT2D eigenvalue weighted by Crippen LogP contribution is 2.36. The summed E-state index contributed by atoms with van der Waals surface area (Å²) in [6, 6.07) is 8.45. The number of allylic oxidation sites excluding steroid dienone is 1. The van der Waals surface area contributed by atoms with Gasteiger partial charge in [0, 0.05) is 33.5 Å². The first-order valence-electron chi connectivity index (χ1n) is 9.55. The van der Waals surface area contributed by atoms with Gasteiger partial charge in [-0.05, 0) is 23.8 Å². The molecule has 0 heterocycles. The third kappa shape index (κ3) is 6.88. The molecular formula is C23H28O9. The van der Waals surface area contributed by atoms with E-state index >= 15 is 0 Å². The second-order valence-corrected chi connectivity index (χ2v) is 6.26. The molecule has 0 unspecified atom stereocenters. The van der Waals surface area contributed by atoms with Crippen molar-refractivity contribution in [1.29, 1.82) is 0 Å². The zero-order valence-corrected chi connectivity index (χ0v) is 18.8. The molecule has 0 aliphatic rings. The van der Waals surface area contributed by atoms with Crippen LogP contribution in [-0.4, -0.2) is 61.7 Å². The molecule has 9 heteroatoms. The zero-order chi connectivity index (χ0) is 23.3. The van der Waals surface area contributed by atoms with Crippen molar-refractivity contribution in [2.24, 2.45) is 0 Å². The number of carbonyl (C=O) groups is 1. The Bertz CT molecular complexity index is 879. The molecule has 2 aromatic rings. The van der Waals surface area contributed by atoms with Crippen LogP contribution in [0.15, 0.2) is 36.4 Å². The summed E-state index contributed by atoms with van der Waals surface area (Å²) in [5.41, 5.74) is 0.940. The van der Waals surface area contributed by atoms with Crippen LogP contribution < -0.4 is 23.7 Å². The fraction of sp³-hybridized carbons (Fsp3) is 0.348. The van der Waals surface area contributed by atoms with E-state index in [4.69, 9.17) is 37.9 Å². The van der Waals surface area contributed by atoms with Gasteiger partial charge in [-0.1, -0.05) is 12.1 Å². The van der Waals surface area contributed by atoms with Crippen LogP contribution in [0.5, 0.6) is 28.7 Å². The maximum Gasteiger partial charge on any atom is 0.193 e. The van der Waals surface area contributed by atoms with Crippen molar-refractivity contribution in [3.63, 3.8) is 0 Å². The van der Waals surface area contributed by atoms with Crippen molar-refractivity contribution in [3.8, 4) is 28.7 Å². The first-order valence-corrected chi connectivity index (χ1v) is 9.55. The number of methoxy groups -OCH3 is 5. The minimum atomic E-state index is -0.352. The van der Waals surface area contributed by atoms with Gasteiger partial charge in [-0.3, -0.25) is 4.79 Å². The van der Waals surface area contributed by atoms with Gasteiger partial charge in [0.15, 0.2) is 37.7 Å². The molecule has 0 aromatic heterocycles. The van der Waals surface area contributed by atoms with Gasteiger partial charge in [-0.2, -0.15) is 0 Å². The average molecular weight is 448 g/mol. The number of ketones is 1. The molecule has 2 rings (SSSR count). The van der Waals surface area contributed by atoms with Crippen LogP contribution in [0.1, 0.15) is 15.9 Å². The molecule has 9 nitrogen and oxygen atoms in total. The summed E-state index contributed by atoms with van der Waals surface area (Å²) in [6.07, 6.45) is 3.06. The quantitative estimate of drug-likeness (QED) is 0.244. The molecule has 0 aliphatic heterocycles. The van der Waals surface area contributed by atoms with Crippen molar-refractivity contribution in [2.75, 3.05) is 55.9 Å². The van der Waals surface area contributed by atoms with Gasteiger partial charge in [0.05, 0.1) is 14.2 Å². The molecule has 174 valence electrons. The molecule has 0 saturated carbocycles. The summed E-state index contributed by atoms with van der Waals surface area (Å²) >= 11 is 0. The lowest BCUT2D eigenvalue weighted by Crippen LogP contribution is -2.10. The first kappa shape index (κ1) is 25.0. The van der Waals surface area contributed by atoms with Crippen molar-refractivity contribution in [2.45, 2.75) is 0 Å². The summed E-state index contributed by atoms with van der Waals surface area (Å²) in [6.45, 7) is -0.131. The maximum atomic E-state index is 13.1. The zero-order valence-electron chi connectivity index (χ0n) is 18.8. The van der Waals surface area contributed by atoms with Crippen LogP contribution in [0.2, 0.25) is 0 Å². The van der Waals surface area contributed by atoms with Crippen LogP contribution in [0, 0.1) is 0 Å². The van der Waals surface area contributed by atoms with Crippen LogP contribution in [-0.2, 0) is 14.2 Å². The normalized spacial score (nSPS) is 10.8. The summed E-state index contributed by atoms with van der Waals surface area (Å²) in [5.74, 6) is 1.64. The van der Waals surface area contributed by atoms with E-state index in [-0.39, 0.29) is 43.2 Å². The third-order valence-corrected chi connectivity index (χ3v) is 4.13. The lowest BCUT2D eigenvalue weighted by Gasteiger charge is -2.16. The van der Waals surface area contributed by atoms with Crippen LogP contribution in [0.25, 0.3) is 6.08 Å². The Morgan fingerprint density at radius 2 is 1.28 bits per heavy atom. The standard InChI is InChI=1S/C23H28O9/c1-25-13-30-17-11-21(31-14-26-2)23(22(12-17)32-15-27-3)18(24)8-6-16-7-9-19(28-4)20(10-16)29-5/h6-12H,13-15H2,1-5H3/b8-6+. The Labute approximate surface area is 187 Å². The van der Waals surface area contributed by atoms with Gasteiger partial charge in [-0.25, -0.2) is 0 Å². The monoisotopic (exact) mass is 448 g/mol. The van der Waals surface area contributed by atoms with Gasteiger partial charge < -0.3 is 37.9 Å². The Morgan fingerprint density at radius 3 is 1.81 bits per heavy atom. The second-order valence-electron chi connectivity index (χ2n) is 6.26. The van der Waals surface area contributed by atoms with Crippen molar-refractivity contribution in [3.05, 3.63) is 47.5 Å². The largest absolute Gasteiger partial charge is 0.493 e. The minimum absolute atomic E-state index is 0.0138. The van der Waals surface area contributed by atoms with Crippen molar-refractivity contribution in [1.82, 2.24) is 0 Å². The van der Waals surface area contributed by atoms with Crippen molar-refractivity contribution < 1.29 is 42.7 Å². The van der Waals surface area contributed by atoms with E-state index < -0.39 is 0 Å². The fourth-order valence-corrected chi connectivity index (χ4v) is 2.70. The second kappa shape index (κ2) is 13.2. The molecule has 0 N–H and O–H groups in total. The Hall–Kier alpha value is -3.27. The predicted molar refractivity (Wildman–Crippen MR) is 117 cm³/mol. The highest BCUT2D eigenvalue weighted by Gasteiger charge is 2.20. The van der Waals surface area contributed by atoms with Crippen LogP contribution in [0.4, 0.5) is 0 Å². The summed E-state index contributed by atoms with van der Waals surface area (Å²) in [5, 5.41) is 0. The SMILES string of the molecule is COCOc1cc(OCOC)c(C(=O)/C=C/c2ccc(OC)c(OC)c2)c(OCOC)c1. The Morgan fingerprint density at radius 1 is 0.719 bits per heavy atom.